The number of oxazole rings is 1. The summed E-state index contributed by atoms with van der Waals surface area (Å²) in [5.74, 6) is 11.4. The second-order valence-corrected chi connectivity index (χ2v) is 31.5. The van der Waals surface area contributed by atoms with Crippen LogP contribution >= 0.6 is 11.3 Å². The van der Waals surface area contributed by atoms with Crippen LogP contribution in [0, 0.1) is 41.4 Å². The van der Waals surface area contributed by atoms with Crippen LogP contribution < -0.4 is 0 Å². The maximum atomic E-state index is 5.52. The molecular formula is C111H194N6OS. The highest BCUT2D eigenvalue weighted by Crippen LogP contribution is 2.31. The normalized spacial score (nSPS) is 13.6. The quantitative estimate of drug-likeness (QED) is 0.137. The summed E-state index contributed by atoms with van der Waals surface area (Å²) < 4.78 is 6.81. The highest BCUT2D eigenvalue weighted by atomic mass is 32.1. The highest BCUT2D eigenvalue weighted by molar-refractivity contribution is 7.18. The van der Waals surface area contributed by atoms with Crippen molar-refractivity contribution in [1.82, 2.24) is 29.9 Å². The van der Waals surface area contributed by atoms with Gasteiger partial charge < -0.3 is 9.40 Å². The van der Waals surface area contributed by atoms with Gasteiger partial charge in [-0.15, -0.1) is 11.3 Å². The molecule has 4 aliphatic rings. The van der Waals surface area contributed by atoms with Crippen molar-refractivity contribution in [3.05, 3.63) is 222 Å². The van der Waals surface area contributed by atoms with E-state index in [1.807, 2.05) is 236 Å². The van der Waals surface area contributed by atoms with Crippen LogP contribution in [-0.2, 0) is 0 Å². The lowest BCUT2D eigenvalue weighted by atomic mass is 9.82. The Morgan fingerprint density at radius 3 is 1.26 bits per heavy atom. The first kappa shape index (κ1) is 125. The first-order chi connectivity index (χ1) is 57.4. The number of nitrogens with zero attached hydrogens (tertiary/aromatic N) is 5. The van der Waals surface area contributed by atoms with Crippen molar-refractivity contribution in [2.24, 2.45) is 41.4 Å². The monoisotopic (exact) mass is 1660 g/mol. The number of allylic oxidation sites excluding steroid dienone is 6. The molecule has 7 nitrogen and oxygen atoms in total. The number of imidazole rings is 1. The van der Waals surface area contributed by atoms with Crippen molar-refractivity contribution in [3.8, 4) is 0 Å². The molecule has 0 aliphatic heterocycles. The number of hydrogen-bond acceptors (Lipinski definition) is 7. The standard InChI is InChI=1S/C10H12N2.C10H11NO.C10H11NS.C9H18.3C9H16.C9H12.2C8H11N.10C2H6/c3*1-7(2)10-11-8-5-3-4-6-9(8)12-10;5*1-8(2)9-6-4-3-5-7-9;1-7(2)8-4-3-5-9-6-8;1-7(2)8-5-3-4-6-9-8;10*1-2/h3-7H,1-2H3,(H,11,12);2*3-7H,1-2H3;8-9H,3-7H2,1-2H3;6,8H,3-5,7H2,1-2H3;4,6,8-9H,3,5,7H2,1-2H3;3-4,8-9H,5-7H2,1-2H3;3-8H,1-2H3;2*3-7H,1-2H3;10*1-2H3. The fraction of sp³-hybridized carbons (Fsp3) is 0.613. The van der Waals surface area contributed by atoms with Gasteiger partial charge in [0, 0.05) is 42.0 Å². The summed E-state index contributed by atoms with van der Waals surface area (Å²) in [4.78, 5) is 24.8. The van der Waals surface area contributed by atoms with E-state index in [9.17, 15) is 0 Å². The maximum absolute atomic E-state index is 5.52. The van der Waals surface area contributed by atoms with E-state index >= 15 is 0 Å². The van der Waals surface area contributed by atoms with Crippen LogP contribution in [0.2, 0.25) is 0 Å². The van der Waals surface area contributed by atoms with E-state index in [1.165, 1.54) is 117 Å². The molecule has 5 heterocycles. The van der Waals surface area contributed by atoms with Gasteiger partial charge in [-0.3, -0.25) is 9.97 Å². The van der Waals surface area contributed by atoms with E-state index in [-0.39, 0.29) is 0 Å². The number of H-pyrrole nitrogens is 1. The molecule has 9 aromatic rings. The third-order valence-electron chi connectivity index (χ3n) is 18.7. The zero-order valence-corrected chi connectivity index (χ0v) is 86.3. The number of rotatable bonds is 10. The van der Waals surface area contributed by atoms with Crippen LogP contribution in [0.5, 0.6) is 0 Å². The molecule has 0 bridgehead atoms. The van der Waals surface area contributed by atoms with Crippen molar-refractivity contribution in [2.45, 2.75) is 409 Å². The summed E-state index contributed by atoms with van der Waals surface area (Å²) in [6.45, 7) is 84.3. The number of fused-ring (bicyclic) bond motifs is 3. The van der Waals surface area contributed by atoms with Gasteiger partial charge in [0.25, 0.3) is 0 Å². The molecule has 680 valence electrons. The van der Waals surface area contributed by atoms with Crippen LogP contribution in [0.3, 0.4) is 0 Å². The SMILES string of the molecule is CC.CC.CC.CC.CC.CC.CC.CC.CC.CC.CC(C)C1=CCCCC1.CC(C)C1C=CCCC1.CC(C)C1CC=CCC1.CC(C)C1CCCCC1.CC(C)c1ccccc1.CC(C)c1ccccn1.CC(C)c1cccnc1.CC(C)c1nc2ccccc2[nH]1.CC(C)c1nc2ccccc2o1.CC(C)c1nc2ccccc2s1. The summed E-state index contributed by atoms with van der Waals surface area (Å²) in [5, 5.41) is 1.23. The zero-order chi connectivity index (χ0) is 92.5. The largest absolute Gasteiger partial charge is 0.440 e. The van der Waals surface area contributed by atoms with Crippen LogP contribution in [0.25, 0.3) is 32.3 Å². The van der Waals surface area contributed by atoms with Gasteiger partial charge in [0.1, 0.15) is 11.3 Å². The molecule has 2 atom stereocenters. The summed E-state index contributed by atoms with van der Waals surface area (Å²) in [6, 6.07) is 44.8. The topological polar surface area (TPSA) is 93.4 Å². The molecule has 1 fully saturated rings. The third kappa shape index (κ3) is 62.1. The molecule has 5 aromatic heterocycles. The van der Waals surface area contributed by atoms with E-state index in [0.29, 0.717) is 35.5 Å². The predicted molar refractivity (Wildman–Crippen MR) is 548 cm³/mol. The molecule has 119 heavy (non-hydrogen) atoms. The van der Waals surface area contributed by atoms with Gasteiger partial charge in [0.05, 0.1) is 26.3 Å². The molecule has 0 amide bonds. The molecule has 13 rings (SSSR count). The summed E-state index contributed by atoms with van der Waals surface area (Å²) in [7, 11) is 0. The van der Waals surface area contributed by atoms with E-state index in [1.54, 1.807) is 23.1 Å². The average Bonchev–Trinajstić information content (AvgIpc) is 1.71. The fourth-order valence-electron chi connectivity index (χ4n) is 11.8. The third-order valence-corrected chi connectivity index (χ3v) is 20.1. The minimum absolute atomic E-state index is 0.359. The van der Waals surface area contributed by atoms with E-state index in [2.05, 4.69) is 247 Å². The van der Waals surface area contributed by atoms with Crippen LogP contribution in [-0.4, -0.2) is 29.9 Å². The predicted octanol–water partition coefficient (Wildman–Crippen LogP) is 38.9. The number of aromatic nitrogens is 6. The number of thiazole rings is 1. The lowest BCUT2D eigenvalue weighted by molar-refractivity contribution is 0.279. The Morgan fingerprint density at radius 2 is 0.899 bits per heavy atom. The van der Waals surface area contributed by atoms with Gasteiger partial charge in [-0.2, -0.15) is 0 Å². The number of nitrogens with one attached hydrogen (secondary N) is 1. The highest BCUT2D eigenvalue weighted by Gasteiger charge is 2.17. The second kappa shape index (κ2) is 87.6. The summed E-state index contributed by atoms with van der Waals surface area (Å²) >= 11 is 1.79. The first-order valence-electron chi connectivity index (χ1n) is 48.5. The van der Waals surface area contributed by atoms with Gasteiger partial charge >= 0.3 is 0 Å². The number of aromatic amines is 1. The molecule has 1 N–H and O–H groups in total. The van der Waals surface area contributed by atoms with Gasteiger partial charge in [-0.05, 0) is 189 Å². The molecule has 1 saturated carbocycles. The Kier molecular flexibility index (Phi) is 92.3. The molecule has 0 saturated heterocycles. The molecule has 0 radical (unpaired) electrons. The fourth-order valence-corrected chi connectivity index (χ4v) is 12.8. The molecule has 0 spiro atoms. The Bertz CT molecular complexity index is 3170. The molecule has 8 heteroatoms. The average molecular weight is 1660 g/mol. The lowest BCUT2D eigenvalue weighted by Crippen LogP contribution is -2.12. The van der Waals surface area contributed by atoms with Crippen LogP contribution in [0.15, 0.2) is 192 Å². The van der Waals surface area contributed by atoms with E-state index in [4.69, 9.17) is 4.42 Å². The first-order valence-corrected chi connectivity index (χ1v) is 49.3. The van der Waals surface area contributed by atoms with Crippen LogP contribution in [0.1, 0.15) is 442 Å². The van der Waals surface area contributed by atoms with E-state index in [0.717, 1.165) is 86.5 Å². The van der Waals surface area contributed by atoms with Crippen molar-refractivity contribution in [2.75, 3.05) is 0 Å². The maximum Gasteiger partial charge on any atom is 0.198 e. The molecule has 2 unspecified atom stereocenters. The Morgan fingerprint density at radius 1 is 0.370 bits per heavy atom. The number of para-hydroxylation sites is 5. The van der Waals surface area contributed by atoms with Crippen molar-refractivity contribution >= 4 is 43.7 Å². The Hall–Kier alpha value is -6.77. The minimum Gasteiger partial charge on any atom is -0.440 e. The summed E-state index contributed by atoms with van der Waals surface area (Å²) in [6.07, 6.45) is 38.4. The molecule has 4 aliphatic carbocycles. The zero-order valence-electron chi connectivity index (χ0n) is 85.5. The summed E-state index contributed by atoms with van der Waals surface area (Å²) in [5.41, 5.74) is 10.7. The second-order valence-electron chi connectivity index (χ2n) is 30.4. The van der Waals surface area contributed by atoms with Gasteiger partial charge in [-0.1, -0.05) is 424 Å². The number of hydrogen-bond donors (Lipinski definition) is 1. The van der Waals surface area contributed by atoms with Crippen molar-refractivity contribution < 1.29 is 4.42 Å². The van der Waals surface area contributed by atoms with Gasteiger partial charge in [0.2, 0.25) is 0 Å². The van der Waals surface area contributed by atoms with Gasteiger partial charge in [-0.25, -0.2) is 15.0 Å². The molecule has 4 aromatic carbocycles. The lowest BCUT2D eigenvalue weighted by Gasteiger charge is -2.24. The Balaban J connectivity index is -0.000000229. The smallest absolute Gasteiger partial charge is 0.198 e. The Labute approximate surface area is 745 Å². The molecular weight excluding hydrogens is 1470 g/mol. The van der Waals surface area contributed by atoms with Crippen molar-refractivity contribution in [3.63, 3.8) is 0 Å². The number of pyridine rings is 2. The van der Waals surface area contributed by atoms with Gasteiger partial charge in [0.15, 0.2) is 11.5 Å². The number of benzene rings is 4. The van der Waals surface area contributed by atoms with Crippen LogP contribution in [0.4, 0.5) is 0 Å². The van der Waals surface area contributed by atoms with Crippen molar-refractivity contribution in [1.29, 1.82) is 0 Å². The van der Waals surface area contributed by atoms with E-state index < -0.39 is 0 Å². The minimum atomic E-state index is 0.359.